The van der Waals surface area contributed by atoms with E-state index in [1.165, 1.54) is 0 Å². The highest BCUT2D eigenvalue weighted by Crippen LogP contribution is 2.06. The third kappa shape index (κ3) is 4.02. The number of aromatic amines is 1. The van der Waals surface area contributed by atoms with E-state index in [9.17, 15) is 4.79 Å². The van der Waals surface area contributed by atoms with Crippen molar-refractivity contribution in [2.24, 2.45) is 5.92 Å². The number of hydrogen-bond acceptors (Lipinski definition) is 3. The molecule has 0 atom stereocenters. The molecule has 1 aromatic heterocycles. The van der Waals surface area contributed by atoms with Crippen LogP contribution in [0, 0.1) is 5.92 Å². The first kappa shape index (κ1) is 12.7. The van der Waals surface area contributed by atoms with Crippen LogP contribution >= 0.6 is 0 Å². The van der Waals surface area contributed by atoms with E-state index < -0.39 is 0 Å². The molecule has 0 fully saturated rings. The van der Waals surface area contributed by atoms with Gasteiger partial charge < -0.3 is 10.4 Å². The van der Waals surface area contributed by atoms with Gasteiger partial charge in [0.15, 0.2) is 0 Å². The van der Waals surface area contributed by atoms with Gasteiger partial charge in [0.1, 0.15) is 5.69 Å². The molecule has 1 heterocycles. The number of aromatic nitrogens is 2. The maximum atomic E-state index is 11.5. The minimum absolute atomic E-state index is 0.0828. The monoisotopic (exact) mass is 225 g/mol. The summed E-state index contributed by atoms with van der Waals surface area (Å²) >= 11 is 0. The van der Waals surface area contributed by atoms with Crippen molar-refractivity contribution in [1.82, 2.24) is 15.5 Å². The fourth-order valence-electron chi connectivity index (χ4n) is 1.39. The highest BCUT2D eigenvalue weighted by molar-refractivity contribution is 5.92. The third-order valence-corrected chi connectivity index (χ3v) is 2.11. The first-order valence-corrected chi connectivity index (χ1v) is 5.56. The Kier molecular flexibility index (Phi) is 4.98. The molecule has 0 aromatic carbocycles. The zero-order valence-corrected chi connectivity index (χ0v) is 9.79. The second-order valence-corrected chi connectivity index (χ2v) is 4.21. The van der Waals surface area contributed by atoms with Crippen molar-refractivity contribution in [2.45, 2.75) is 26.7 Å². The molecule has 3 N–H and O–H groups in total. The number of nitrogens with zero attached hydrogens (tertiary/aromatic N) is 1. The Labute approximate surface area is 95.3 Å². The maximum absolute atomic E-state index is 11.5. The second kappa shape index (κ2) is 6.27. The van der Waals surface area contributed by atoms with Crippen LogP contribution in [0.15, 0.2) is 6.07 Å². The lowest BCUT2D eigenvalue weighted by molar-refractivity contribution is 0.0946. The van der Waals surface area contributed by atoms with Crippen LogP contribution < -0.4 is 5.32 Å². The smallest absolute Gasteiger partial charge is 0.271 e. The highest BCUT2D eigenvalue weighted by atomic mass is 16.3. The predicted molar refractivity (Wildman–Crippen MR) is 61.2 cm³/mol. The zero-order chi connectivity index (χ0) is 12.0. The summed E-state index contributed by atoms with van der Waals surface area (Å²) < 4.78 is 0. The van der Waals surface area contributed by atoms with Crippen LogP contribution in [0.5, 0.6) is 0 Å². The van der Waals surface area contributed by atoms with E-state index in [-0.39, 0.29) is 12.5 Å². The van der Waals surface area contributed by atoms with E-state index in [1.807, 2.05) is 0 Å². The molecule has 0 spiro atoms. The lowest BCUT2D eigenvalue weighted by Gasteiger charge is -2.00. The number of aliphatic hydroxyl groups is 1. The Morgan fingerprint density at radius 3 is 3.00 bits per heavy atom. The lowest BCUT2D eigenvalue weighted by atomic mass is 10.1. The molecule has 5 nitrogen and oxygen atoms in total. The Hall–Kier alpha value is -1.36. The topological polar surface area (TPSA) is 78.0 Å². The molecule has 0 saturated carbocycles. The first-order chi connectivity index (χ1) is 7.63. The summed E-state index contributed by atoms with van der Waals surface area (Å²) in [5.74, 6) is 0.338. The largest absolute Gasteiger partial charge is 0.396 e. The molecule has 0 unspecified atom stereocenters. The number of amides is 1. The van der Waals surface area contributed by atoms with Gasteiger partial charge in [-0.1, -0.05) is 13.8 Å². The lowest BCUT2D eigenvalue weighted by Crippen LogP contribution is -2.25. The van der Waals surface area contributed by atoms with Crippen LogP contribution in [0.4, 0.5) is 0 Å². The summed E-state index contributed by atoms with van der Waals surface area (Å²) in [6.07, 6.45) is 1.45. The van der Waals surface area contributed by atoms with Crippen LogP contribution in [0.2, 0.25) is 0 Å². The van der Waals surface area contributed by atoms with Gasteiger partial charge in [0.25, 0.3) is 5.91 Å². The summed E-state index contributed by atoms with van der Waals surface area (Å²) in [5.41, 5.74) is 1.39. The van der Waals surface area contributed by atoms with Crippen LogP contribution in [-0.4, -0.2) is 34.4 Å². The molecule has 1 rings (SSSR count). The molecule has 1 aromatic rings. The fraction of sp³-hybridized carbons (Fsp3) is 0.636. The van der Waals surface area contributed by atoms with Gasteiger partial charge in [-0.15, -0.1) is 0 Å². The number of nitrogens with one attached hydrogen (secondary N) is 2. The van der Waals surface area contributed by atoms with Crippen molar-refractivity contribution in [3.05, 3.63) is 17.5 Å². The summed E-state index contributed by atoms with van der Waals surface area (Å²) in [5, 5.41) is 18.1. The van der Waals surface area contributed by atoms with Gasteiger partial charge in [-0.2, -0.15) is 5.10 Å². The average Bonchev–Trinajstić information content (AvgIpc) is 2.65. The van der Waals surface area contributed by atoms with E-state index in [0.29, 0.717) is 24.6 Å². The maximum Gasteiger partial charge on any atom is 0.271 e. The van der Waals surface area contributed by atoms with Gasteiger partial charge in [0.05, 0.1) is 0 Å². The minimum Gasteiger partial charge on any atom is -0.396 e. The van der Waals surface area contributed by atoms with Crippen LogP contribution in [0.3, 0.4) is 0 Å². The normalized spacial score (nSPS) is 10.8. The van der Waals surface area contributed by atoms with Gasteiger partial charge in [0.2, 0.25) is 0 Å². The van der Waals surface area contributed by atoms with Crippen molar-refractivity contribution < 1.29 is 9.90 Å². The van der Waals surface area contributed by atoms with Crippen LogP contribution in [0.25, 0.3) is 0 Å². The van der Waals surface area contributed by atoms with E-state index in [0.717, 1.165) is 12.1 Å². The standard InChI is InChI=1S/C11H19N3O2/c1-8(2)6-9-7-10(14-13-9)11(16)12-4-3-5-15/h7-8,15H,3-6H2,1-2H3,(H,12,16)(H,13,14). The third-order valence-electron chi connectivity index (χ3n) is 2.11. The number of hydrogen-bond donors (Lipinski definition) is 3. The summed E-state index contributed by atoms with van der Waals surface area (Å²) in [6, 6.07) is 1.77. The van der Waals surface area contributed by atoms with Crippen molar-refractivity contribution in [1.29, 1.82) is 0 Å². The van der Waals surface area contributed by atoms with E-state index >= 15 is 0 Å². The molecule has 0 saturated heterocycles. The van der Waals surface area contributed by atoms with Gasteiger partial charge >= 0.3 is 0 Å². The molecular formula is C11H19N3O2. The fourth-order valence-corrected chi connectivity index (χ4v) is 1.39. The summed E-state index contributed by atoms with van der Waals surface area (Å²) in [4.78, 5) is 11.5. The van der Waals surface area contributed by atoms with Gasteiger partial charge in [-0.3, -0.25) is 9.89 Å². The number of H-pyrrole nitrogens is 1. The first-order valence-electron chi connectivity index (χ1n) is 5.56. The van der Waals surface area contributed by atoms with Crippen molar-refractivity contribution in [3.8, 4) is 0 Å². The minimum atomic E-state index is -0.195. The average molecular weight is 225 g/mol. The Morgan fingerprint density at radius 1 is 1.62 bits per heavy atom. The van der Waals surface area contributed by atoms with Crippen LogP contribution in [0.1, 0.15) is 36.5 Å². The number of carbonyl (C=O) groups is 1. The molecule has 0 bridgehead atoms. The Bertz CT molecular complexity index is 334. The number of rotatable bonds is 6. The molecule has 0 radical (unpaired) electrons. The molecule has 0 aliphatic rings. The van der Waals surface area contributed by atoms with Gasteiger partial charge in [0, 0.05) is 18.8 Å². The van der Waals surface area contributed by atoms with Gasteiger partial charge in [-0.05, 0) is 24.8 Å². The van der Waals surface area contributed by atoms with Crippen LogP contribution in [-0.2, 0) is 6.42 Å². The summed E-state index contributed by atoms with van der Waals surface area (Å²) in [6.45, 7) is 4.78. The molecule has 16 heavy (non-hydrogen) atoms. The molecule has 90 valence electrons. The van der Waals surface area contributed by atoms with E-state index in [1.54, 1.807) is 6.07 Å². The van der Waals surface area contributed by atoms with Crippen molar-refractivity contribution in [3.63, 3.8) is 0 Å². The van der Waals surface area contributed by atoms with Crippen molar-refractivity contribution in [2.75, 3.05) is 13.2 Å². The Morgan fingerprint density at radius 2 is 2.38 bits per heavy atom. The number of carbonyl (C=O) groups excluding carboxylic acids is 1. The van der Waals surface area contributed by atoms with Gasteiger partial charge in [-0.25, -0.2) is 0 Å². The van der Waals surface area contributed by atoms with E-state index in [2.05, 4.69) is 29.4 Å². The quantitative estimate of drug-likeness (QED) is 0.624. The highest BCUT2D eigenvalue weighted by Gasteiger charge is 2.10. The van der Waals surface area contributed by atoms with Crippen molar-refractivity contribution >= 4 is 5.91 Å². The zero-order valence-electron chi connectivity index (χ0n) is 9.79. The SMILES string of the molecule is CC(C)Cc1cc(C(=O)NCCCO)n[nH]1. The Balaban J connectivity index is 2.46. The molecule has 5 heteroatoms. The summed E-state index contributed by atoms with van der Waals surface area (Å²) in [7, 11) is 0. The second-order valence-electron chi connectivity index (χ2n) is 4.21. The molecular weight excluding hydrogens is 206 g/mol. The molecule has 1 amide bonds. The number of aliphatic hydroxyl groups excluding tert-OH is 1. The predicted octanol–water partition coefficient (Wildman–Crippen LogP) is 0.720. The molecule has 0 aliphatic heterocycles. The van der Waals surface area contributed by atoms with E-state index in [4.69, 9.17) is 5.11 Å². The molecule has 0 aliphatic carbocycles.